The number of amides is 1. The van der Waals surface area contributed by atoms with E-state index in [1.54, 1.807) is 23.0 Å². The molecule has 8 nitrogen and oxygen atoms in total. The number of nitrogens with zero attached hydrogens (tertiary/aromatic N) is 4. The summed E-state index contributed by atoms with van der Waals surface area (Å²) in [5.74, 6) is 0.719. The Bertz CT molecular complexity index is 825. The zero-order chi connectivity index (χ0) is 19.6. The molecule has 3 heterocycles. The van der Waals surface area contributed by atoms with Crippen molar-refractivity contribution in [1.82, 2.24) is 14.6 Å². The summed E-state index contributed by atoms with van der Waals surface area (Å²) in [5, 5.41) is 14.4. The summed E-state index contributed by atoms with van der Waals surface area (Å²) in [5.41, 5.74) is 0.787. The van der Waals surface area contributed by atoms with Crippen LogP contribution in [0.15, 0.2) is 18.5 Å². The molecule has 28 heavy (non-hydrogen) atoms. The van der Waals surface area contributed by atoms with Gasteiger partial charge in [0.05, 0.1) is 5.69 Å². The lowest BCUT2D eigenvalue weighted by molar-refractivity contribution is 0.0429. The van der Waals surface area contributed by atoms with Gasteiger partial charge in [-0.25, -0.2) is 14.3 Å². The molecule has 1 amide bonds. The summed E-state index contributed by atoms with van der Waals surface area (Å²) in [4.78, 5) is 17.8. The number of carboxylic acid groups (broad SMARTS) is 1. The van der Waals surface area contributed by atoms with E-state index >= 15 is 0 Å². The lowest BCUT2D eigenvalue weighted by Gasteiger charge is -2.34. The Morgan fingerprint density at radius 3 is 2.82 bits per heavy atom. The number of anilines is 1. The topological polar surface area (TPSA) is 89.2 Å². The van der Waals surface area contributed by atoms with E-state index in [0.717, 1.165) is 38.5 Å². The third-order valence-electron chi connectivity index (χ3n) is 5.88. The Hall–Kier alpha value is -2.35. The number of carbonyl (C=O) groups is 1. The Labute approximate surface area is 164 Å². The van der Waals surface area contributed by atoms with E-state index in [9.17, 15) is 9.90 Å². The van der Waals surface area contributed by atoms with E-state index < -0.39 is 6.09 Å². The van der Waals surface area contributed by atoms with E-state index in [-0.39, 0.29) is 11.5 Å². The van der Waals surface area contributed by atoms with Crippen molar-refractivity contribution in [2.75, 3.05) is 24.7 Å². The minimum absolute atomic E-state index is 0.258. The van der Waals surface area contributed by atoms with Gasteiger partial charge in [0.25, 0.3) is 0 Å². The average Bonchev–Trinajstić information content (AvgIpc) is 3.15. The zero-order valence-electron chi connectivity index (χ0n) is 16.3. The fraction of sp³-hybridized carbons (Fsp3) is 0.650. The highest BCUT2D eigenvalue weighted by Crippen LogP contribution is 2.34. The Kier molecular flexibility index (Phi) is 5.39. The van der Waals surface area contributed by atoms with Gasteiger partial charge in [-0.15, -0.1) is 5.10 Å². The molecule has 1 N–H and O–H groups in total. The average molecular weight is 388 g/mol. The first-order valence-corrected chi connectivity index (χ1v) is 10.2. The molecule has 0 bridgehead atoms. The summed E-state index contributed by atoms with van der Waals surface area (Å²) < 4.78 is 13.3. The molecule has 0 unspecified atom stereocenters. The molecule has 1 saturated heterocycles. The molecule has 1 aliphatic carbocycles. The fourth-order valence-electron chi connectivity index (χ4n) is 4.25. The largest absolute Gasteiger partial charge is 0.470 e. The normalized spacial score (nSPS) is 20.2. The maximum absolute atomic E-state index is 12.1. The maximum atomic E-state index is 12.1. The highest BCUT2D eigenvalue weighted by molar-refractivity contribution is 5.91. The van der Waals surface area contributed by atoms with Gasteiger partial charge in [0.2, 0.25) is 5.88 Å². The number of hydrogen-bond donors (Lipinski definition) is 1. The lowest BCUT2D eigenvalue weighted by atomic mass is 9.86. The number of fused-ring (bicyclic) bond motifs is 1. The number of hydrogen-bond acceptors (Lipinski definition) is 5. The Morgan fingerprint density at radius 2 is 2.11 bits per heavy atom. The smallest absolute Gasteiger partial charge is 0.411 e. The van der Waals surface area contributed by atoms with Crippen LogP contribution in [-0.2, 0) is 4.74 Å². The Morgan fingerprint density at radius 1 is 1.36 bits per heavy atom. The molecule has 1 saturated carbocycles. The van der Waals surface area contributed by atoms with E-state index in [0.29, 0.717) is 37.0 Å². The van der Waals surface area contributed by atoms with Gasteiger partial charge in [-0.05, 0) is 51.4 Å². The fourth-order valence-corrected chi connectivity index (χ4v) is 4.25. The van der Waals surface area contributed by atoms with Crippen LogP contribution in [0.2, 0.25) is 0 Å². The molecule has 1 aliphatic heterocycles. The van der Waals surface area contributed by atoms with Crippen molar-refractivity contribution in [3.63, 3.8) is 0 Å². The highest BCUT2D eigenvalue weighted by Gasteiger charge is 2.31. The van der Waals surface area contributed by atoms with E-state index in [1.165, 1.54) is 11.3 Å². The predicted molar refractivity (Wildman–Crippen MR) is 104 cm³/mol. The van der Waals surface area contributed by atoms with Gasteiger partial charge in [-0.1, -0.05) is 6.42 Å². The van der Waals surface area contributed by atoms with Gasteiger partial charge in [-0.3, -0.25) is 4.90 Å². The number of ether oxygens (including phenoxy) is 2. The molecular weight excluding hydrogens is 360 g/mol. The van der Waals surface area contributed by atoms with E-state index in [4.69, 9.17) is 9.47 Å². The minimum atomic E-state index is -0.989. The molecule has 8 heteroatoms. The molecule has 0 spiro atoms. The molecule has 0 radical (unpaired) electrons. The summed E-state index contributed by atoms with van der Waals surface area (Å²) in [7, 11) is 0. The van der Waals surface area contributed by atoms with Crippen molar-refractivity contribution in [3.05, 3.63) is 18.5 Å². The SMILES string of the molecule is CC1(Oc2cc(N(CC3CCOCC3)C(=O)O)c3nccn3n2)CCCCC1. The highest BCUT2D eigenvalue weighted by atomic mass is 16.5. The van der Waals surface area contributed by atoms with Crippen LogP contribution in [0.3, 0.4) is 0 Å². The van der Waals surface area contributed by atoms with Gasteiger partial charge < -0.3 is 14.6 Å². The third kappa shape index (κ3) is 4.06. The maximum Gasteiger partial charge on any atom is 0.411 e. The van der Waals surface area contributed by atoms with Gasteiger partial charge >= 0.3 is 6.09 Å². The molecule has 2 aromatic heterocycles. The molecule has 2 fully saturated rings. The summed E-state index contributed by atoms with van der Waals surface area (Å²) in [6.45, 7) is 3.89. The summed E-state index contributed by atoms with van der Waals surface area (Å²) >= 11 is 0. The van der Waals surface area contributed by atoms with Crippen LogP contribution in [0.1, 0.15) is 51.9 Å². The Balaban J connectivity index is 1.65. The molecule has 0 atom stereocenters. The summed E-state index contributed by atoms with van der Waals surface area (Å²) in [6.07, 6.45) is 9.57. The summed E-state index contributed by atoms with van der Waals surface area (Å²) in [6, 6.07) is 1.73. The van der Waals surface area contributed by atoms with Crippen LogP contribution >= 0.6 is 0 Å². The van der Waals surface area contributed by atoms with E-state index in [1.807, 2.05) is 0 Å². The first-order valence-electron chi connectivity index (χ1n) is 10.2. The first kappa shape index (κ1) is 19.0. The number of aromatic nitrogens is 3. The second kappa shape index (κ2) is 7.95. The van der Waals surface area contributed by atoms with Crippen molar-refractivity contribution >= 4 is 17.4 Å². The molecular formula is C20H28N4O4. The van der Waals surface area contributed by atoms with Crippen molar-refractivity contribution in [2.24, 2.45) is 5.92 Å². The zero-order valence-corrected chi connectivity index (χ0v) is 16.3. The van der Waals surface area contributed by atoms with Gasteiger partial charge in [-0.2, -0.15) is 0 Å². The first-order chi connectivity index (χ1) is 13.5. The van der Waals surface area contributed by atoms with Crippen LogP contribution in [-0.4, -0.2) is 51.2 Å². The monoisotopic (exact) mass is 388 g/mol. The van der Waals surface area contributed by atoms with Gasteiger partial charge in [0, 0.05) is 38.2 Å². The number of rotatable bonds is 5. The van der Waals surface area contributed by atoms with Crippen molar-refractivity contribution in [2.45, 2.75) is 57.5 Å². The number of imidazole rings is 1. The van der Waals surface area contributed by atoms with Gasteiger partial charge in [0.15, 0.2) is 5.65 Å². The molecule has 2 aromatic rings. The minimum Gasteiger partial charge on any atom is -0.470 e. The predicted octanol–water partition coefficient (Wildman–Crippen LogP) is 3.74. The molecule has 4 rings (SSSR count). The molecule has 2 aliphatic rings. The molecule has 152 valence electrons. The second-order valence-corrected chi connectivity index (χ2v) is 8.12. The quantitative estimate of drug-likeness (QED) is 0.839. The van der Waals surface area contributed by atoms with Crippen molar-refractivity contribution < 1.29 is 19.4 Å². The van der Waals surface area contributed by atoms with Crippen LogP contribution in [0.25, 0.3) is 5.65 Å². The standard InChI is InChI=1S/C20H28N4O4/c1-20(7-3-2-4-8-20)28-17-13-16(18-21-9-10-24(18)22-17)23(19(25)26)14-15-5-11-27-12-6-15/h9-10,13,15H,2-8,11-12,14H2,1H3,(H,25,26). The van der Waals surface area contributed by atoms with E-state index in [2.05, 4.69) is 17.0 Å². The van der Waals surface area contributed by atoms with Crippen molar-refractivity contribution in [1.29, 1.82) is 0 Å². The van der Waals surface area contributed by atoms with Crippen molar-refractivity contribution in [3.8, 4) is 5.88 Å². The molecule has 0 aromatic carbocycles. The second-order valence-electron chi connectivity index (χ2n) is 8.12. The van der Waals surface area contributed by atoms with Crippen LogP contribution < -0.4 is 9.64 Å². The third-order valence-corrected chi connectivity index (χ3v) is 5.88. The van der Waals surface area contributed by atoms with Crippen LogP contribution in [0.5, 0.6) is 5.88 Å². The van der Waals surface area contributed by atoms with Crippen LogP contribution in [0, 0.1) is 5.92 Å². The van der Waals surface area contributed by atoms with Gasteiger partial charge in [0.1, 0.15) is 5.60 Å². The lowest BCUT2D eigenvalue weighted by Crippen LogP contribution is -2.37. The van der Waals surface area contributed by atoms with Crippen LogP contribution in [0.4, 0.5) is 10.5 Å².